The summed E-state index contributed by atoms with van der Waals surface area (Å²) in [5.74, 6) is 0.845. The second-order valence-electron chi connectivity index (χ2n) is 11.7. The number of H-pyrrole nitrogens is 1. The van der Waals surface area contributed by atoms with Gasteiger partial charge >= 0.3 is 0 Å². The average Bonchev–Trinajstić information content (AvgIpc) is 3.67. The molecule has 1 aliphatic heterocycles. The largest absolute Gasteiger partial charge is 0.352 e. The highest BCUT2D eigenvalue weighted by molar-refractivity contribution is 5.98. The first-order valence-corrected chi connectivity index (χ1v) is 14.8. The quantitative estimate of drug-likeness (QED) is 0.197. The highest BCUT2D eigenvalue weighted by Gasteiger charge is 2.23. The fraction of sp³-hybridized carbons (Fsp3) is 0.286. The van der Waals surface area contributed by atoms with E-state index in [0.717, 1.165) is 64.5 Å². The van der Waals surface area contributed by atoms with Crippen LogP contribution in [-0.2, 0) is 13.0 Å². The molecule has 1 fully saturated rings. The van der Waals surface area contributed by atoms with Gasteiger partial charge in [-0.3, -0.25) is 15.1 Å². The molecule has 1 saturated carbocycles. The number of aromatic nitrogens is 4. The van der Waals surface area contributed by atoms with Crippen molar-refractivity contribution in [1.82, 2.24) is 25.5 Å². The molecule has 41 heavy (non-hydrogen) atoms. The van der Waals surface area contributed by atoms with E-state index in [0.29, 0.717) is 0 Å². The van der Waals surface area contributed by atoms with Crippen LogP contribution in [0.15, 0.2) is 78.9 Å². The third-order valence-corrected chi connectivity index (χ3v) is 8.68. The summed E-state index contributed by atoms with van der Waals surface area (Å²) < 4.78 is 0. The van der Waals surface area contributed by atoms with Gasteiger partial charge in [-0.15, -0.1) is 0 Å². The molecule has 3 N–H and O–H groups in total. The van der Waals surface area contributed by atoms with Crippen molar-refractivity contribution in [2.75, 3.05) is 11.9 Å². The number of rotatable bonds is 7. The third kappa shape index (κ3) is 5.16. The van der Waals surface area contributed by atoms with E-state index in [9.17, 15) is 0 Å². The Labute approximate surface area is 241 Å². The van der Waals surface area contributed by atoms with E-state index in [-0.39, 0.29) is 0 Å². The molecule has 6 heteroatoms. The zero-order valence-electron chi connectivity index (χ0n) is 23.8. The minimum atomic E-state index is 0.834. The Morgan fingerprint density at radius 3 is 2.59 bits per heavy atom. The van der Waals surface area contributed by atoms with Crippen molar-refractivity contribution in [2.45, 2.75) is 52.5 Å². The molecule has 7 rings (SSSR count). The predicted molar refractivity (Wildman–Crippen MR) is 167 cm³/mol. The van der Waals surface area contributed by atoms with Crippen molar-refractivity contribution in [3.05, 3.63) is 101 Å². The van der Waals surface area contributed by atoms with E-state index in [1.807, 2.05) is 36.9 Å². The summed E-state index contributed by atoms with van der Waals surface area (Å²) in [4.78, 5) is 8.73. The Morgan fingerprint density at radius 1 is 0.878 bits per heavy atom. The van der Waals surface area contributed by atoms with E-state index in [1.54, 1.807) is 0 Å². The van der Waals surface area contributed by atoms with E-state index < -0.39 is 0 Å². The summed E-state index contributed by atoms with van der Waals surface area (Å²) in [6, 6.07) is 17.6. The van der Waals surface area contributed by atoms with Gasteiger partial charge in [0.1, 0.15) is 5.69 Å². The molecule has 0 radical (unpaired) electrons. The van der Waals surface area contributed by atoms with Gasteiger partial charge in [-0.05, 0) is 109 Å². The summed E-state index contributed by atoms with van der Waals surface area (Å²) in [5.41, 5.74) is 13.9. The molecule has 3 aromatic heterocycles. The third-order valence-electron chi connectivity index (χ3n) is 8.68. The standard InChI is InChI=1S/C35H36N6/c1-22-13-25(19-37-18-24-5-3-4-6-24)16-28(14-22)27-7-8-32-30(17-27)35(41-40-32)34-23(2)15-29-31(20-38-21-33(29)39-34)26-9-11-36-12-10-26/h7-14,16-17,20-21,24,37,39H,3-6,15,18-19H2,1-2H3,(H,40,41). The van der Waals surface area contributed by atoms with Gasteiger partial charge in [0.25, 0.3) is 0 Å². The molecule has 206 valence electrons. The number of nitrogens with one attached hydrogen (secondary N) is 3. The molecule has 2 aromatic carbocycles. The molecule has 5 aromatic rings. The molecule has 0 amide bonds. The lowest BCUT2D eigenvalue weighted by Crippen LogP contribution is -2.20. The number of pyridine rings is 2. The number of nitrogens with zero attached hydrogens (tertiary/aromatic N) is 3. The van der Waals surface area contributed by atoms with E-state index in [4.69, 9.17) is 5.10 Å². The van der Waals surface area contributed by atoms with Crippen LogP contribution in [0, 0.1) is 12.8 Å². The van der Waals surface area contributed by atoms with Gasteiger partial charge in [0.05, 0.1) is 23.1 Å². The lowest BCUT2D eigenvalue weighted by atomic mass is 9.91. The van der Waals surface area contributed by atoms with Crippen molar-refractivity contribution in [2.24, 2.45) is 5.92 Å². The van der Waals surface area contributed by atoms with Gasteiger partial charge in [0.2, 0.25) is 0 Å². The van der Waals surface area contributed by atoms with Crippen LogP contribution < -0.4 is 10.6 Å². The topological polar surface area (TPSA) is 78.5 Å². The molecule has 0 atom stereocenters. The van der Waals surface area contributed by atoms with Crippen LogP contribution in [0.5, 0.6) is 0 Å². The van der Waals surface area contributed by atoms with Crippen molar-refractivity contribution in [3.8, 4) is 22.3 Å². The first-order valence-electron chi connectivity index (χ1n) is 14.8. The maximum Gasteiger partial charge on any atom is 0.116 e. The van der Waals surface area contributed by atoms with Crippen LogP contribution in [0.4, 0.5) is 5.69 Å². The van der Waals surface area contributed by atoms with Gasteiger partial charge in [-0.25, -0.2) is 0 Å². The Morgan fingerprint density at radius 2 is 1.73 bits per heavy atom. The number of fused-ring (bicyclic) bond motifs is 2. The predicted octanol–water partition coefficient (Wildman–Crippen LogP) is 7.67. The molecule has 1 aliphatic carbocycles. The second kappa shape index (κ2) is 10.9. The number of allylic oxidation sites excluding steroid dienone is 1. The number of aromatic amines is 1. The second-order valence-corrected chi connectivity index (χ2v) is 11.7. The Kier molecular flexibility index (Phi) is 6.85. The molecule has 4 heterocycles. The molecular weight excluding hydrogens is 504 g/mol. The van der Waals surface area contributed by atoms with Crippen LogP contribution >= 0.6 is 0 Å². The van der Waals surface area contributed by atoms with Crippen molar-refractivity contribution in [1.29, 1.82) is 0 Å². The lowest BCUT2D eigenvalue weighted by Gasteiger charge is -2.24. The first kappa shape index (κ1) is 25.7. The van der Waals surface area contributed by atoms with Gasteiger partial charge < -0.3 is 10.6 Å². The number of benzene rings is 2. The van der Waals surface area contributed by atoms with Crippen LogP contribution in [-0.4, -0.2) is 26.7 Å². The summed E-state index contributed by atoms with van der Waals surface area (Å²) >= 11 is 0. The first-order chi connectivity index (χ1) is 20.1. The van der Waals surface area contributed by atoms with Gasteiger partial charge in [0, 0.05) is 36.1 Å². The van der Waals surface area contributed by atoms with Crippen LogP contribution in [0.25, 0.3) is 38.9 Å². The van der Waals surface area contributed by atoms with E-state index in [1.165, 1.54) is 59.1 Å². The summed E-state index contributed by atoms with van der Waals surface area (Å²) in [7, 11) is 0. The molecule has 0 bridgehead atoms. The fourth-order valence-electron chi connectivity index (χ4n) is 6.57. The van der Waals surface area contributed by atoms with E-state index >= 15 is 0 Å². The van der Waals surface area contributed by atoms with Gasteiger partial charge in [-0.2, -0.15) is 5.10 Å². The zero-order chi connectivity index (χ0) is 27.8. The smallest absolute Gasteiger partial charge is 0.116 e. The molecule has 0 saturated heterocycles. The number of anilines is 1. The Balaban J connectivity index is 1.18. The van der Waals surface area contributed by atoms with Crippen molar-refractivity contribution in [3.63, 3.8) is 0 Å². The molecule has 2 aliphatic rings. The normalized spacial score (nSPS) is 15.4. The number of aryl methyl sites for hydroxylation is 1. The summed E-state index contributed by atoms with van der Waals surface area (Å²) in [5, 5.41) is 16.6. The number of hydrogen-bond donors (Lipinski definition) is 3. The van der Waals surface area contributed by atoms with Gasteiger partial charge in [0.15, 0.2) is 0 Å². The summed E-state index contributed by atoms with van der Waals surface area (Å²) in [6.45, 7) is 6.42. The van der Waals surface area contributed by atoms with Gasteiger partial charge in [-0.1, -0.05) is 36.6 Å². The molecular formula is C35H36N6. The zero-order valence-corrected chi connectivity index (χ0v) is 23.8. The highest BCUT2D eigenvalue weighted by atomic mass is 15.1. The monoisotopic (exact) mass is 540 g/mol. The fourth-order valence-corrected chi connectivity index (χ4v) is 6.57. The Bertz CT molecular complexity index is 1740. The maximum absolute atomic E-state index is 4.79. The van der Waals surface area contributed by atoms with Crippen LogP contribution in [0.1, 0.15) is 55.0 Å². The van der Waals surface area contributed by atoms with Crippen LogP contribution in [0.3, 0.4) is 0 Å². The van der Waals surface area contributed by atoms with Crippen molar-refractivity contribution < 1.29 is 0 Å². The maximum atomic E-state index is 4.79. The Hall–Kier alpha value is -4.29. The molecule has 0 spiro atoms. The highest BCUT2D eigenvalue weighted by Crippen LogP contribution is 2.39. The van der Waals surface area contributed by atoms with Crippen molar-refractivity contribution >= 4 is 22.3 Å². The van der Waals surface area contributed by atoms with E-state index in [2.05, 4.69) is 75.9 Å². The lowest BCUT2D eigenvalue weighted by molar-refractivity contribution is 0.489. The number of hydrogen-bond acceptors (Lipinski definition) is 5. The molecule has 0 unspecified atom stereocenters. The minimum Gasteiger partial charge on any atom is -0.352 e. The van der Waals surface area contributed by atoms with Crippen LogP contribution in [0.2, 0.25) is 0 Å². The SMILES string of the molecule is CC1=C(c2n[nH]c3ccc(-c4cc(C)cc(CNCC5CCCC5)c4)cc23)Nc2cncc(-c3ccncc3)c2C1. The minimum absolute atomic E-state index is 0.834. The summed E-state index contributed by atoms with van der Waals surface area (Å²) in [6.07, 6.45) is 13.9. The molecule has 6 nitrogen and oxygen atoms in total. The average molecular weight is 541 g/mol.